The Kier molecular flexibility index (Phi) is 5.35. The molecule has 3 rings (SSSR count). The summed E-state index contributed by atoms with van der Waals surface area (Å²) in [5, 5.41) is 1.13. The summed E-state index contributed by atoms with van der Waals surface area (Å²) < 4.78 is 31.2. The molecule has 1 aromatic heterocycles. The first-order valence-corrected chi connectivity index (χ1v) is 10.6. The first kappa shape index (κ1) is 17.8. The van der Waals surface area contributed by atoms with Crippen LogP contribution in [0.4, 0.5) is 0 Å². The van der Waals surface area contributed by atoms with E-state index in [1.165, 1.54) is 11.3 Å². The number of hydrogen-bond donors (Lipinski definition) is 0. The van der Waals surface area contributed by atoms with Gasteiger partial charge in [-0.1, -0.05) is 49.2 Å². The first-order valence-electron chi connectivity index (χ1n) is 8.39. The lowest BCUT2D eigenvalue weighted by Crippen LogP contribution is -2.11. The summed E-state index contributed by atoms with van der Waals surface area (Å²) in [5.74, 6) is 0. The van der Waals surface area contributed by atoms with Crippen LogP contribution in [0.2, 0.25) is 0 Å². The third-order valence-electron chi connectivity index (χ3n) is 4.05. The molecule has 0 aliphatic heterocycles. The summed E-state index contributed by atoms with van der Waals surface area (Å²) in [6, 6.07) is 16.9. The Balaban J connectivity index is 2.17. The number of hydrogen-bond acceptors (Lipinski definition) is 3. The standard InChI is InChI=1S/C20H21NO2S2/c1-3-4-7-17-14-16-8-5-6-9-19(16)24-20(17)21-25(22,23)18-12-10-15(2)11-13-18/h5-6,8-14H,3-4,7H2,1-2H3/b21-20+. The predicted molar refractivity (Wildman–Crippen MR) is 104 cm³/mol. The van der Waals surface area contributed by atoms with Gasteiger partial charge in [-0.2, -0.15) is 8.42 Å². The number of nitrogens with zero attached hydrogens (tertiary/aromatic N) is 1. The molecular weight excluding hydrogens is 350 g/mol. The summed E-state index contributed by atoms with van der Waals surface area (Å²) in [6.07, 6.45) is 2.90. The number of benzene rings is 2. The molecule has 0 saturated heterocycles. The van der Waals surface area contributed by atoms with Crippen molar-refractivity contribution >= 4 is 31.4 Å². The van der Waals surface area contributed by atoms with Gasteiger partial charge in [0.25, 0.3) is 10.0 Å². The Bertz CT molecular complexity index is 1050. The molecular formula is C20H21NO2S2. The van der Waals surface area contributed by atoms with Crippen molar-refractivity contribution in [1.29, 1.82) is 0 Å². The Morgan fingerprint density at radius 2 is 1.76 bits per heavy atom. The fourth-order valence-corrected chi connectivity index (χ4v) is 4.86. The first-order chi connectivity index (χ1) is 12.0. The summed E-state index contributed by atoms with van der Waals surface area (Å²) in [4.78, 5) is 0.236. The van der Waals surface area contributed by atoms with Crippen molar-refractivity contribution in [2.24, 2.45) is 4.40 Å². The molecule has 25 heavy (non-hydrogen) atoms. The van der Waals surface area contributed by atoms with E-state index in [0.717, 1.165) is 40.5 Å². The van der Waals surface area contributed by atoms with Gasteiger partial charge < -0.3 is 0 Å². The van der Waals surface area contributed by atoms with Crippen molar-refractivity contribution in [3.8, 4) is 0 Å². The lowest BCUT2D eigenvalue weighted by Gasteiger charge is -2.05. The fourth-order valence-electron chi connectivity index (χ4n) is 2.61. The number of sulfonamides is 1. The SMILES string of the molecule is CCCCc1cc2ccccc2s/c1=N/S(=O)(=O)c1ccc(C)cc1. The molecule has 0 atom stereocenters. The maximum Gasteiger partial charge on any atom is 0.283 e. The Labute approximate surface area is 152 Å². The van der Waals surface area contributed by atoms with Crippen LogP contribution in [0.15, 0.2) is 63.9 Å². The van der Waals surface area contributed by atoms with Crippen LogP contribution in [0, 0.1) is 6.92 Å². The summed E-state index contributed by atoms with van der Waals surface area (Å²) in [6.45, 7) is 4.06. The van der Waals surface area contributed by atoms with Crippen molar-refractivity contribution in [2.45, 2.75) is 38.0 Å². The van der Waals surface area contributed by atoms with Crippen LogP contribution in [0.3, 0.4) is 0 Å². The van der Waals surface area contributed by atoms with Gasteiger partial charge in [-0.15, -0.1) is 15.7 Å². The number of fused-ring (bicyclic) bond motifs is 1. The van der Waals surface area contributed by atoms with Crippen molar-refractivity contribution in [3.05, 3.63) is 70.4 Å². The van der Waals surface area contributed by atoms with E-state index in [1.807, 2.05) is 25.1 Å². The van der Waals surface area contributed by atoms with Gasteiger partial charge in [-0.3, -0.25) is 0 Å². The van der Waals surface area contributed by atoms with Gasteiger partial charge in [-0.05, 0) is 55.0 Å². The second-order valence-electron chi connectivity index (χ2n) is 6.10. The van der Waals surface area contributed by atoms with Crippen molar-refractivity contribution in [2.75, 3.05) is 0 Å². The molecule has 0 aliphatic rings. The second-order valence-corrected chi connectivity index (χ2v) is 8.73. The molecule has 0 saturated carbocycles. The van der Waals surface area contributed by atoms with E-state index in [0.29, 0.717) is 4.67 Å². The van der Waals surface area contributed by atoms with Gasteiger partial charge in [-0.25, -0.2) is 0 Å². The van der Waals surface area contributed by atoms with Crippen molar-refractivity contribution in [1.82, 2.24) is 0 Å². The number of aryl methyl sites for hydroxylation is 2. The Morgan fingerprint density at radius 3 is 2.48 bits per heavy atom. The average Bonchev–Trinajstić information content (AvgIpc) is 2.60. The van der Waals surface area contributed by atoms with E-state index < -0.39 is 10.0 Å². The van der Waals surface area contributed by atoms with Gasteiger partial charge in [0, 0.05) is 4.70 Å². The zero-order chi connectivity index (χ0) is 17.9. The Hall–Kier alpha value is -1.98. The molecule has 0 fully saturated rings. The largest absolute Gasteiger partial charge is 0.283 e. The minimum Gasteiger partial charge on any atom is -0.199 e. The van der Waals surface area contributed by atoms with Gasteiger partial charge >= 0.3 is 0 Å². The molecule has 0 radical (unpaired) electrons. The normalized spacial score (nSPS) is 12.6. The average molecular weight is 372 g/mol. The highest BCUT2D eigenvalue weighted by molar-refractivity contribution is 7.90. The van der Waals surface area contributed by atoms with Crippen LogP contribution in [-0.4, -0.2) is 8.42 Å². The van der Waals surface area contributed by atoms with E-state index in [4.69, 9.17) is 0 Å². The van der Waals surface area contributed by atoms with Crippen LogP contribution in [0.25, 0.3) is 10.1 Å². The molecule has 2 aromatic carbocycles. The van der Waals surface area contributed by atoms with E-state index >= 15 is 0 Å². The zero-order valence-corrected chi connectivity index (χ0v) is 16.0. The molecule has 0 aliphatic carbocycles. The molecule has 0 unspecified atom stereocenters. The maximum absolute atomic E-state index is 12.7. The lowest BCUT2D eigenvalue weighted by atomic mass is 10.1. The smallest absolute Gasteiger partial charge is 0.199 e. The molecule has 130 valence electrons. The summed E-state index contributed by atoms with van der Waals surface area (Å²) >= 11 is 1.44. The molecule has 3 nitrogen and oxygen atoms in total. The topological polar surface area (TPSA) is 46.5 Å². The van der Waals surface area contributed by atoms with Crippen LogP contribution in [-0.2, 0) is 16.4 Å². The molecule has 0 N–H and O–H groups in total. The van der Waals surface area contributed by atoms with Gasteiger partial charge in [0.05, 0.1) is 4.90 Å². The second kappa shape index (κ2) is 7.50. The highest BCUT2D eigenvalue weighted by Gasteiger charge is 2.13. The van der Waals surface area contributed by atoms with E-state index in [-0.39, 0.29) is 4.90 Å². The molecule has 0 spiro atoms. The molecule has 0 amide bonds. The van der Waals surface area contributed by atoms with Gasteiger partial charge in [0.2, 0.25) is 0 Å². The van der Waals surface area contributed by atoms with E-state index in [1.54, 1.807) is 24.3 Å². The predicted octanol–water partition coefficient (Wildman–Crippen LogP) is 4.84. The molecule has 5 heteroatoms. The fraction of sp³-hybridized carbons (Fsp3) is 0.250. The van der Waals surface area contributed by atoms with Gasteiger partial charge in [0.1, 0.15) is 4.67 Å². The summed E-state index contributed by atoms with van der Waals surface area (Å²) in [7, 11) is -3.71. The third-order valence-corrected chi connectivity index (χ3v) is 6.60. The molecule has 0 bridgehead atoms. The summed E-state index contributed by atoms with van der Waals surface area (Å²) in [5.41, 5.74) is 2.03. The molecule has 3 aromatic rings. The highest BCUT2D eigenvalue weighted by Crippen LogP contribution is 2.19. The van der Waals surface area contributed by atoms with E-state index in [2.05, 4.69) is 23.5 Å². The lowest BCUT2D eigenvalue weighted by molar-refractivity contribution is 0.597. The molecule has 1 heterocycles. The zero-order valence-electron chi connectivity index (χ0n) is 14.4. The highest BCUT2D eigenvalue weighted by atomic mass is 32.2. The van der Waals surface area contributed by atoms with Crippen molar-refractivity contribution < 1.29 is 8.42 Å². The van der Waals surface area contributed by atoms with Crippen LogP contribution in [0.5, 0.6) is 0 Å². The number of unbranched alkanes of at least 4 members (excludes halogenated alkanes) is 1. The monoisotopic (exact) mass is 371 g/mol. The maximum atomic E-state index is 12.7. The Morgan fingerprint density at radius 1 is 1.04 bits per heavy atom. The quantitative estimate of drug-likeness (QED) is 0.644. The van der Waals surface area contributed by atoms with Gasteiger partial charge in [0.15, 0.2) is 0 Å². The third kappa shape index (κ3) is 4.17. The van der Waals surface area contributed by atoms with Crippen LogP contribution >= 0.6 is 11.3 Å². The number of rotatable bonds is 5. The van der Waals surface area contributed by atoms with E-state index in [9.17, 15) is 8.42 Å². The van der Waals surface area contributed by atoms with Crippen molar-refractivity contribution in [3.63, 3.8) is 0 Å². The van der Waals surface area contributed by atoms with Crippen LogP contribution in [0.1, 0.15) is 30.9 Å². The minimum absolute atomic E-state index is 0.236. The van der Waals surface area contributed by atoms with Crippen LogP contribution < -0.4 is 4.67 Å². The minimum atomic E-state index is -3.71.